The molecule has 7 heteroatoms. The molecule has 26 heavy (non-hydrogen) atoms. The number of carbonyl (C=O) groups excluding carboxylic acids is 2. The van der Waals surface area contributed by atoms with Crippen molar-refractivity contribution in [3.05, 3.63) is 57.8 Å². The zero-order valence-corrected chi connectivity index (χ0v) is 15.8. The SMILES string of the molecule is CN(CC(=O)Nc1c(Cl)cccc1Cl)C(=O)[C@H]1CCCc2cccnc21. The van der Waals surface area contributed by atoms with Crippen LogP contribution in [0.3, 0.4) is 0 Å². The number of fused-ring (bicyclic) bond motifs is 1. The summed E-state index contributed by atoms with van der Waals surface area (Å²) in [5.74, 6) is -0.764. The molecule has 1 aromatic carbocycles. The predicted octanol–water partition coefficient (Wildman–Crippen LogP) is 3.91. The second-order valence-electron chi connectivity index (χ2n) is 6.33. The first-order chi connectivity index (χ1) is 12.5. The number of carbonyl (C=O) groups is 2. The lowest BCUT2D eigenvalue weighted by atomic mass is 9.86. The molecule has 1 aliphatic carbocycles. The lowest BCUT2D eigenvalue weighted by Crippen LogP contribution is -2.39. The number of para-hydroxylation sites is 1. The van der Waals surface area contributed by atoms with Gasteiger partial charge in [0.15, 0.2) is 0 Å². The summed E-state index contributed by atoms with van der Waals surface area (Å²) in [5, 5.41) is 3.38. The minimum absolute atomic E-state index is 0.0843. The van der Waals surface area contributed by atoms with E-state index in [0.29, 0.717) is 15.7 Å². The van der Waals surface area contributed by atoms with Crippen LogP contribution in [0.2, 0.25) is 10.0 Å². The van der Waals surface area contributed by atoms with Crippen LogP contribution in [0.4, 0.5) is 5.69 Å². The first kappa shape index (κ1) is 18.7. The Morgan fingerprint density at radius 1 is 1.23 bits per heavy atom. The summed E-state index contributed by atoms with van der Waals surface area (Å²) in [6.07, 6.45) is 4.31. The lowest BCUT2D eigenvalue weighted by molar-refractivity contribution is -0.135. The van der Waals surface area contributed by atoms with Gasteiger partial charge in [0.05, 0.1) is 33.9 Å². The zero-order valence-electron chi connectivity index (χ0n) is 14.3. The van der Waals surface area contributed by atoms with Gasteiger partial charge in [-0.15, -0.1) is 0 Å². The highest BCUT2D eigenvalue weighted by molar-refractivity contribution is 6.39. The summed E-state index contributed by atoms with van der Waals surface area (Å²) >= 11 is 12.1. The quantitative estimate of drug-likeness (QED) is 0.859. The average Bonchev–Trinajstić information content (AvgIpc) is 2.63. The van der Waals surface area contributed by atoms with E-state index < -0.39 is 0 Å². The van der Waals surface area contributed by atoms with Gasteiger partial charge in [0.25, 0.3) is 0 Å². The molecule has 1 aliphatic rings. The molecule has 0 aliphatic heterocycles. The number of benzene rings is 1. The molecule has 3 rings (SSSR count). The van der Waals surface area contributed by atoms with E-state index in [4.69, 9.17) is 23.2 Å². The minimum atomic E-state index is -0.354. The highest BCUT2D eigenvalue weighted by Crippen LogP contribution is 2.32. The molecule has 0 saturated heterocycles. The standard InChI is InChI=1S/C19H19Cl2N3O2/c1-24(11-16(25)23-18-14(20)8-3-9-15(18)21)19(26)13-7-2-5-12-6-4-10-22-17(12)13/h3-4,6,8-10,13H,2,5,7,11H2,1H3,(H,23,25)/t13-/m0/s1. The molecule has 1 atom stereocenters. The topological polar surface area (TPSA) is 62.3 Å². The van der Waals surface area contributed by atoms with Crippen LogP contribution in [0.1, 0.15) is 30.0 Å². The van der Waals surface area contributed by atoms with Crippen molar-refractivity contribution in [3.63, 3.8) is 0 Å². The maximum atomic E-state index is 12.8. The Morgan fingerprint density at radius 2 is 1.96 bits per heavy atom. The van der Waals surface area contributed by atoms with Crippen molar-refractivity contribution >= 4 is 40.7 Å². The van der Waals surface area contributed by atoms with E-state index >= 15 is 0 Å². The van der Waals surface area contributed by atoms with Crippen LogP contribution >= 0.6 is 23.2 Å². The summed E-state index contributed by atoms with van der Waals surface area (Å²) in [6, 6.07) is 8.87. The van der Waals surface area contributed by atoms with Crippen molar-refractivity contribution in [1.82, 2.24) is 9.88 Å². The predicted molar refractivity (Wildman–Crippen MR) is 103 cm³/mol. The molecule has 0 fully saturated rings. The maximum absolute atomic E-state index is 12.8. The first-order valence-electron chi connectivity index (χ1n) is 8.40. The van der Waals surface area contributed by atoms with E-state index in [9.17, 15) is 9.59 Å². The molecular weight excluding hydrogens is 373 g/mol. The van der Waals surface area contributed by atoms with Gasteiger partial charge in [-0.05, 0) is 43.0 Å². The van der Waals surface area contributed by atoms with Crippen LogP contribution in [-0.2, 0) is 16.0 Å². The van der Waals surface area contributed by atoms with Crippen molar-refractivity contribution in [2.24, 2.45) is 0 Å². The van der Waals surface area contributed by atoms with Crippen molar-refractivity contribution in [2.45, 2.75) is 25.2 Å². The Balaban J connectivity index is 1.67. The molecule has 0 saturated carbocycles. The van der Waals surface area contributed by atoms with Crippen LogP contribution in [0.5, 0.6) is 0 Å². The number of nitrogens with one attached hydrogen (secondary N) is 1. The average molecular weight is 392 g/mol. The lowest BCUT2D eigenvalue weighted by Gasteiger charge is -2.27. The van der Waals surface area contributed by atoms with Crippen LogP contribution in [0.25, 0.3) is 0 Å². The van der Waals surface area contributed by atoms with Gasteiger partial charge < -0.3 is 10.2 Å². The van der Waals surface area contributed by atoms with Gasteiger partial charge in [0.1, 0.15) is 0 Å². The van der Waals surface area contributed by atoms with Crippen molar-refractivity contribution in [2.75, 3.05) is 18.9 Å². The third-order valence-electron chi connectivity index (χ3n) is 4.48. The molecule has 2 amide bonds. The fourth-order valence-corrected chi connectivity index (χ4v) is 3.70. The number of rotatable bonds is 4. The number of pyridine rings is 1. The third kappa shape index (κ3) is 4.00. The Hall–Kier alpha value is -2.11. The van der Waals surface area contributed by atoms with Gasteiger partial charge in [-0.2, -0.15) is 0 Å². The Labute approximate surface area is 162 Å². The largest absolute Gasteiger partial charge is 0.336 e. The molecular formula is C19H19Cl2N3O2. The number of aromatic nitrogens is 1. The molecule has 0 bridgehead atoms. The Bertz CT molecular complexity index is 821. The van der Waals surface area contributed by atoms with Gasteiger partial charge in [-0.1, -0.05) is 35.3 Å². The van der Waals surface area contributed by atoms with E-state index in [1.54, 1.807) is 31.4 Å². The van der Waals surface area contributed by atoms with E-state index in [2.05, 4.69) is 10.3 Å². The molecule has 5 nitrogen and oxygen atoms in total. The minimum Gasteiger partial charge on any atom is -0.336 e. The summed E-state index contributed by atoms with van der Waals surface area (Å²) in [6.45, 7) is -0.0843. The molecule has 0 unspecified atom stereocenters. The van der Waals surface area contributed by atoms with E-state index in [-0.39, 0.29) is 24.3 Å². The Morgan fingerprint density at radius 3 is 2.69 bits per heavy atom. The highest BCUT2D eigenvalue weighted by atomic mass is 35.5. The van der Waals surface area contributed by atoms with Gasteiger partial charge >= 0.3 is 0 Å². The second-order valence-corrected chi connectivity index (χ2v) is 7.15. The number of amides is 2. The number of likely N-dealkylation sites (N-methyl/N-ethyl adjacent to an activating group) is 1. The summed E-state index contributed by atoms with van der Waals surface area (Å²) < 4.78 is 0. The van der Waals surface area contributed by atoms with Crippen molar-refractivity contribution in [1.29, 1.82) is 0 Å². The molecule has 1 heterocycles. The van der Waals surface area contributed by atoms with Crippen LogP contribution in [0.15, 0.2) is 36.5 Å². The van der Waals surface area contributed by atoms with Gasteiger partial charge in [0.2, 0.25) is 11.8 Å². The zero-order chi connectivity index (χ0) is 18.7. The smallest absolute Gasteiger partial charge is 0.244 e. The normalized spacial score (nSPS) is 15.9. The number of halogens is 2. The van der Waals surface area contributed by atoms with Gasteiger partial charge in [-0.25, -0.2) is 0 Å². The van der Waals surface area contributed by atoms with Gasteiger partial charge in [-0.3, -0.25) is 14.6 Å². The number of anilines is 1. The molecule has 2 aromatic rings. The van der Waals surface area contributed by atoms with Crippen LogP contribution in [-0.4, -0.2) is 35.3 Å². The first-order valence-corrected chi connectivity index (χ1v) is 9.15. The van der Waals surface area contributed by atoms with Crippen molar-refractivity contribution < 1.29 is 9.59 Å². The molecule has 136 valence electrons. The monoisotopic (exact) mass is 391 g/mol. The van der Waals surface area contributed by atoms with Crippen LogP contribution in [0, 0.1) is 0 Å². The summed E-state index contributed by atoms with van der Waals surface area (Å²) in [7, 11) is 1.62. The summed E-state index contributed by atoms with van der Waals surface area (Å²) in [5.41, 5.74) is 2.29. The maximum Gasteiger partial charge on any atom is 0.244 e. The van der Waals surface area contributed by atoms with Gasteiger partial charge in [0, 0.05) is 13.2 Å². The number of hydrogen-bond donors (Lipinski definition) is 1. The Kier molecular flexibility index (Phi) is 5.79. The number of hydrogen-bond acceptors (Lipinski definition) is 3. The summed E-state index contributed by atoms with van der Waals surface area (Å²) in [4.78, 5) is 31.0. The third-order valence-corrected chi connectivity index (χ3v) is 5.11. The molecule has 1 aromatic heterocycles. The molecule has 1 N–H and O–H groups in total. The van der Waals surface area contributed by atoms with Crippen molar-refractivity contribution in [3.8, 4) is 0 Å². The molecule has 0 spiro atoms. The fraction of sp³-hybridized carbons (Fsp3) is 0.316. The fourth-order valence-electron chi connectivity index (χ4n) is 3.21. The number of aryl methyl sites for hydroxylation is 1. The molecule has 0 radical (unpaired) electrons. The van der Waals surface area contributed by atoms with E-state index in [0.717, 1.165) is 30.5 Å². The van der Waals surface area contributed by atoms with E-state index in [1.807, 2.05) is 12.1 Å². The highest BCUT2D eigenvalue weighted by Gasteiger charge is 2.30. The van der Waals surface area contributed by atoms with E-state index in [1.165, 1.54) is 4.90 Å². The number of nitrogens with zero attached hydrogens (tertiary/aromatic N) is 2. The second kappa shape index (κ2) is 8.06. The van der Waals surface area contributed by atoms with Crippen LogP contribution < -0.4 is 5.32 Å².